The molecule has 2 aromatic carbocycles. The summed E-state index contributed by atoms with van der Waals surface area (Å²) in [5.74, 6) is 0.392. The molecule has 0 saturated carbocycles. The first-order valence-electron chi connectivity index (χ1n) is 5.78. The molecule has 0 aliphatic carbocycles. The van der Waals surface area contributed by atoms with E-state index in [0.29, 0.717) is 22.5 Å². The number of para-hydroxylation sites is 3. The van der Waals surface area contributed by atoms with Crippen LogP contribution in [0.25, 0.3) is 10.9 Å². The summed E-state index contributed by atoms with van der Waals surface area (Å²) in [4.78, 5) is 18.8. The molecule has 3 N–H and O–H groups in total. The summed E-state index contributed by atoms with van der Waals surface area (Å²) >= 11 is 0. The number of hydrogen-bond donors (Lipinski definition) is 3. The van der Waals surface area contributed by atoms with Gasteiger partial charge in [0, 0.05) is 0 Å². The summed E-state index contributed by atoms with van der Waals surface area (Å²) in [5, 5.41) is 13.1. The van der Waals surface area contributed by atoms with Crippen molar-refractivity contribution in [2.45, 2.75) is 0 Å². The number of phenols is 1. The average molecular weight is 253 g/mol. The van der Waals surface area contributed by atoms with Crippen molar-refractivity contribution in [3.05, 3.63) is 58.9 Å². The minimum Gasteiger partial charge on any atom is -0.506 e. The van der Waals surface area contributed by atoms with E-state index in [4.69, 9.17) is 0 Å². The molecule has 1 aromatic heterocycles. The zero-order chi connectivity index (χ0) is 13.2. The number of anilines is 2. The molecular weight excluding hydrogens is 242 g/mol. The van der Waals surface area contributed by atoms with E-state index in [1.165, 1.54) is 0 Å². The van der Waals surface area contributed by atoms with Crippen LogP contribution in [0.2, 0.25) is 0 Å². The van der Waals surface area contributed by atoms with Crippen LogP contribution in [0, 0.1) is 0 Å². The van der Waals surface area contributed by atoms with Crippen molar-refractivity contribution in [2.24, 2.45) is 0 Å². The highest BCUT2D eigenvalue weighted by Gasteiger charge is 2.05. The highest BCUT2D eigenvalue weighted by Crippen LogP contribution is 2.24. The molecule has 3 rings (SSSR count). The van der Waals surface area contributed by atoms with Crippen molar-refractivity contribution in [2.75, 3.05) is 5.32 Å². The molecule has 0 amide bonds. The van der Waals surface area contributed by atoms with Crippen LogP contribution in [0.15, 0.2) is 53.3 Å². The number of hydrogen-bond acceptors (Lipinski definition) is 4. The molecule has 5 heteroatoms. The van der Waals surface area contributed by atoms with Gasteiger partial charge in [0.05, 0.1) is 16.6 Å². The van der Waals surface area contributed by atoms with E-state index >= 15 is 0 Å². The molecule has 1 heterocycles. The Morgan fingerprint density at radius 1 is 1.05 bits per heavy atom. The van der Waals surface area contributed by atoms with Gasteiger partial charge in [0.2, 0.25) is 5.95 Å². The highest BCUT2D eigenvalue weighted by molar-refractivity contribution is 5.79. The van der Waals surface area contributed by atoms with Crippen molar-refractivity contribution in [3.8, 4) is 5.75 Å². The van der Waals surface area contributed by atoms with Gasteiger partial charge in [-0.3, -0.25) is 9.78 Å². The van der Waals surface area contributed by atoms with Crippen LogP contribution in [0.4, 0.5) is 11.6 Å². The maximum absolute atomic E-state index is 11.9. The van der Waals surface area contributed by atoms with Crippen LogP contribution in [-0.4, -0.2) is 15.1 Å². The van der Waals surface area contributed by atoms with Crippen molar-refractivity contribution >= 4 is 22.5 Å². The van der Waals surface area contributed by atoms with Crippen LogP contribution < -0.4 is 10.9 Å². The minimum atomic E-state index is -0.219. The number of benzene rings is 2. The predicted molar refractivity (Wildman–Crippen MR) is 73.8 cm³/mol. The lowest BCUT2D eigenvalue weighted by molar-refractivity contribution is 0.477. The van der Waals surface area contributed by atoms with E-state index in [2.05, 4.69) is 15.3 Å². The van der Waals surface area contributed by atoms with E-state index in [1.807, 2.05) is 6.07 Å². The fourth-order valence-corrected chi connectivity index (χ4v) is 1.85. The number of aromatic nitrogens is 2. The van der Waals surface area contributed by atoms with Crippen LogP contribution in [0.3, 0.4) is 0 Å². The number of aromatic amines is 1. The zero-order valence-electron chi connectivity index (χ0n) is 9.92. The van der Waals surface area contributed by atoms with Gasteiger partial charge < -0.3 is 10.4 Å². The monoisotopic (exact) mass is 253 g/mol. The Bertz CT molecular complexity index is 796. The largest absolute Gasteiger partial charge is 0.506 e. The molecule has 0 aliphatic rings. The summed E-state index contributed by atoms with van der Waals surface area (Å²) in [7, 11) is 0. The van der Waals surface area contributed by atoms with E-state index < -0.39 is 0 Å². The molecule has 3 aromatic rings. The van der Waals surface area contributed by atoms with Gasteiger partial charge in [-0.1, -0.05) is 24.3 Å². The Morgan fingerprint density at radius 2 is 1.79 bits per heavy atom. The Morgan fingerprint density at radius 3 is 2.63 bits per heavy atom. The first-order valence-corrected chi connectivity index (χ1v) is 5.78. The third-order valence-electron chi connectivity index (χ3n) is 2.77. The Kier molecular flexibility index (Phi) is 2.64. The smallest absolute Gasteiger partial charge is 0.260 e. The van der Waals surface area contributed by atoms with Crippen molar-refractivity contribution < 1.29 is 5.11 Å². The lowest BCUT2D eigenvalue weighted by atomic mass is 10.2. The standard InChI is InChI=1S/C14H11N3O2/c18-12-8-4-3-7-11(12)16-14-15-10-6-2-1-5-9(10)13(19)17-14/h1-8,18H,(H2,15,16,17,19). The maximum Gasteiger partial charge on any atom is 0.260 e. The third kappa shape index (κ3) is 2.13. The topological polar surface area (TPSA) is 78.0 Å². The van der Waals surface area contributed by atoms with E-state index in [-0.39, 0.29) is 11.3 Å². The molecular formula is C14H11N3O2. The molecule has 0 spiro atoms. The summed E-state index contributed by atoms with van der Waals surface area (Å²) in [5.41, 5.74) is 0.869. The van der Waals surface area contributed by atoms with Crippen molar-refractivity contribution in [3.63, 3.8) is 0 Å². The predicted octanol–water partition coefficient (Wildman–Crippen LogP) is 2.37. The second kappa shape index (κ2) is 4.45. The van der Waals surface area contributed by atoms with Gasteiger partial charge in [0.15, 0.2) is 0 Å². The van der Waals surface area contributed by atoms with E-state index in [9.17, 15) is 9.90 Å². The molecule has 19 heavy (non-hydrogen) atoms. The number of fused-ring (bicyclic) bond motifs is 1. The highest BCUT2D eigenvalue weighted by atomic mass is 16.3. The molecule has 0 radical (unpaired) electrons. The molecule has 0 saturated heterocycles. The quantitative estimate of drug-likeness (QED) is 0.613. The van der Waals surface area contributed by atoms with Gasteiger partial charge in [0.1, 0.15) is 5.75 Å². The van der Waals surface area contributed by atoms with E-state index in [1.54, 1.807) is 42.5 Å². The van der Waals surface area contributed by atoms with Gasteiger partial charge in [-0.05, 0) is 24.3 Å². The molecule has 0 unspecified atom stereocenters. The summed E-state index contributed by atoms with van der Waals surface area (Å²) in [6.45, 7) is 0. The lowest BCUT2D eigenvalue weighted by Gasteiger charge is -2.07. The summed E-state index contributed by atoms with van der Waals surface area (Å²) in [6.07, 6.45) is 0. The number of nitrogens with one attached hydrogen (secondary N) is 2. The minimum absolute atomic E-state index is 0.0957. The first kappa shape index (κ1) is 11.3. The van der Waals surface area contributed by atoms with Gasteiger partial charge in [-0.2, -0.15) is 0 Å². The van der Waals surface area contributed by atoms with Crippen molar-refractivity contribution in [1.29, 1.82) is 0 Å². The molecule has 5 nitrogen and oxygen atoms in total. The Labute approximate surface area is 108 Å². The molecule has 94 valence electrons. The number of nitrogens with zero attached hydrogens (tertiary/aromatic N) is 1. The fraction of sp³-hybridized carbons (Fsp3) is 0. The van der Waals surface area contributed by atoms with E-state index in [0.717, 1.165) is 0 Å². The zero-order valence-corrected chi connectivity index (χ0v) is 9.92. The van der Waals surface area contributed by atoms with Crippen LogP contribution in [-0.2, 0) is 0 Å². The number of phenolic OH excluding ortho intramolecular Hbond substituents is 1. The molecule has 0 fully saturated rings. The molecule has 0 atom stereocenters. The van der Waals surface area contributed by atoms with Gasteiger partial charge in [-0.25, -0.2) is 4.98 Å². The molecule has 0 aliphatic heterocycles. The summed E-state index contributed by atoms with van der Waals surface area (Å²) < 4.78 is 0. The number of aromatic hydroxyl groups is 1. The second-order valence-electron chi connectivity index (χ2n) is 4.07. The summed E-state index contributed by atoms with van der Waals surface area (Å²) in [6, 6.07) is 13.8. The lowest BCUT2D eigenvalue weighted by Crippen LogP contribution is -2.11. The molecule has 0 bridgehead atoms. The first-order chi connectivity index (χ1) is 9.24. The Hall–Kier alpha value is -2.82. The van der Waals surface area contributed by atoms with Gasteiger partial charge in [0.25, 0.3) is 5.56 Å². The average Bonchev–Trinajstić information content (AvgIpc) is 2.42. The fourth-order valence-electron chi connectivity index (χ4n) is 1.85. The number of rotatable bonds is 2. The maximum atomic E-state index is 11.9. The third-order valence-corrected chi connectivity index (χ3v) is 2.77. The normalized spacial score (nSPS) is 10.5. The van der Waals surface area contributed by atoms with Gasteiger partial charge >= 0.3 is 0 Å². The van der Waals surface area contributed by atoms with Crippen LogP contribution in [0.5, 0.6) is 5.75 Å². The van der Waals surface area contributed by atoms with Gasteiger partial charge in [-0.15, -0.1) is 0 Å². The SMILES string of the molecule is O=c1[nH]c(Nc2ccccc2O)nc2ccccc12. The Balaban J connectivity index is 2.07. The number of H-pyrrole nitrogens is 1. The second-order valence-corrected chi connectivity index (χ2v) is 4.07. The van der Waals surface area contributed by atoms with Crippen LogP contribution in [0.1, 0.15) is 0 Å². The van der Waals surface area contributed by atoms with Crippen molar-refractivity contribution in [1.82, 2.24) is 9.97 Å². The van der Waals surface area contributed by atoms with Crippen LogP contribution >= 0.6 is 0 Å².